The van der Waals surface area contributed by atoms with E-state index in [-0.39, 0.29) is 29.3 Å². The minimum Gasteiger partial charge on any atom is -0.508 e. The van der Waals surface area contributed by atoms with Crippen molar-refractivity contribution in [2.75, 3.05) is 5.32 Å². The van der Waals surface area contributed by atoms with Crippen molar-refractivity contribution in [2.45, 2.75) is 45.4 Å². The van der Waals surface area contributed by atoms with Gasteiger partial charge in [-0.05, 0) is 42.9 Å². The number of hydrogen-bond acceptors (Lipinski definition) is 5. The molecule has 0 saturated carbocycles. The van der Waals surface area contributed by atoms with Crippen LogP contribution in [0.4, 0.5) is 5.88 Å². The Labute approximate surface area is 146 Å². The molecule has 1 aromatic heterocycles. The second-order valence-corrected chi connectivity index (χ2v) is 7.37. The fourth-order valence-electron chi connectivity index (χ4n) is 4.17. The summed E-state index contributed by atoms with van der Waals surface area (Å²) >= 11 is 0. The number of hydrogen-bond donors (Lipinski definition) is 2. The van der Waals surface area contributed by atoms with Crippen LogP contribution in [-0.2, 0) is 4.79 Å². The lowest BCUT2D eigenvalue weighted by molar-refractivity contribution is -0.116. The molecule has 0 spiro atoms. The molecule has 0 fully saturated rings. The number of nitrogens with one attached hydrogen (secondary N) is 1. The fraction of sp³-hybridized carbons (Fsp3) is 0.400. The molecule has 2 atom stereocenters. The van der Waals surface area contributed by atoms with Gasteiger partial charge < -0.3 is 14.9 Å². The van der Waals surface area contributed by atoms with Crippen LogP contribution in [0.2, 0.25) is 0 Å². The van der Waals surface area contributed by atoms with Crippen molar-refractivity contribution in [1.82, 2.24) is 5.16 Å². The standard InChI is InChI=1S/C20H22N2O3/c1-10(2)17-18-11(3)22-25-20(18)21-15-8-13(9-16(24)19(15)17)12-4-6-14(23)7-5-12/h4-7,10,13,17,21,23H,8-9H2,1-3H3/t13-,17-/m0/s1. The van der Waals surface area contributed by atoms with E-state index >= 15 is 0 Å². The molecule has 25 heavy (non-hydrogen) atoms. The molecule has 0 amide bonds. The minimum atomic E-state index is 0.0331. The summed E-state index contributed by atoms with van der Waals surface area (Å²) in [6, 6.07) is 7.14. The molecule has 5 heteroatoms. The zero-order chi connectivity index (χ0) is 17.7. The molecular weight excluding hydrogens is 316 g/mol. The average molecular weight is 338 g/mol. The molecule has 2 aromatic rings. The number of ketones is 1. The summed E-state index contributed by atoms with van der Waals surface area (Å²) < 4.78 is 5.47. The highest BCUT2D eigenvalue weighted by Crippen LogP contribution is 2.49. The van der Waals surface area contributed by atoms with Gasteiger partial charge in [-0.15, -0.1) is 0 Å². The Kier molecular flexibility index (Phi) is 3.67. The van der Waals surface area contributed by atoms with Crippen molar-refractivity contribution in [3.05, 3.63) is 52.4 Å². The van der Waals surface area contributed by atoms with Gasteiger partial charge in [0.15, 0.2) is 5.78 Å². The molecule has 2 N–H and O–H groups in total. The number of benzene rings is 1. The number of phenols is 1. The number of anilines is 1. The van der Waals surface area contributed by atoms with Gasteiger partial charge in [0.25, 0.3) is 0 Å². The van der Waals surface area contributed by atoms with Crippen molar-refractivity contribution < 1.29 is 14.4 Å². The second-order valence-electron chi connectivity index (χ2n) is 7.37. The number of fused-ring (bicyclic) bond motifs is 1. The largest absolute Gasteiger partial charge is 0.508 e. The molecule has 1 aliphatic carbocycles. The van der Waals surface area contributed by atoms with E-state index in [2.05, 4.69) is 24.3 Å². The first kappa shape index (κ1) is 15.9. The van der Waals surface area contributed by atoms with E-state index in [0.29, 0.717) is 12.3 Å². The zero-order valence-corrected chi connectivity index (χ0v) is 14.7. The maximum Gasteiger partial charge on any atom is 0.232 e. The van der Waals surface area contributed by atoms with E-state index in [1.54, 1.807) is 12.1 Å². The number of rotatable bonds is 2. The quantitative estimate of drug-likeness (QED) is 0.856. The molecule has 0 bridgehead atoms. The smallest absolute Gasteiger partial charge is 0.232 e. The van der Waals surface area contributed by atoms with Crippen LogP contribution in [0, 0.1) is 12.8 Å². The number of aromatic nitrogens is 1. The first-order valence-corrected chi connectivity index (χ1v) is 8.74. The van der Waals surface area contributed by atoms with Crippen LogP contribution >= 0.6 is 0 Å². The molecular formula is C20H22N2O3. The predicted octanol–water partition coefficient (Wildman–Crippen LogP) is 4.25. The number of Topliss-reactive ketones (excluding diaryl/α,β-unsaturated/α-hetero) is 1. The van der Waals surface area contributed by atoms with E-state index in [4.69, 9.17) is 4.52 Å². The number of carbonyl (C=O) groups is 1. The summed E-state index contributed by atoms with van der Waals surface area (Å²) in [5.41, 5.74) is 4.78. The van der Waals surface area contributed by atoms with Crippen molar-refractivity contribution in [3.63, 3.8) is 0 Å². The van der Waals surface area contributed by atoms with Gasteiger partial charge in [-0.1, -0.05) is 31.1 Å². The minimum absolute atomic E-state index is 0.0331. The monoisotopic (exact) mass is 338 g/mol. The normalized spacial score (nSPS) is 22.6. The molecule has 5 nitrogen and oxygen atoms in total. The van der Waals surface area contributed by atoms with Gasteiger partial charge >= 0.3 is 0 Å². The van der Waals surface area contributed by atoms with Crippen molar-refractivity contribution >= 4 is 11.7 Å². The summed E-state index contributed by atoms with van der Waals surface area (Å²) in [5, 5.41) is 16.9. The molecule has 2 aliphatic rings. The maximum atomic E-state index is 13.0. The van der Waals surface area contributed by atoms with Crippen LogP contribution in [0.1, 0.15) is 55.3 Å². The molecule has 0 radical (unpaired) electrons. The Morgan fingerprint density at radius 3 is 2.64 bits per heavy atom. The number of aromatic hydroxyl groups is 1. The van der Waals surface area contributed by atoms with Crippen LogP contribution in [0.3, 0.4) is 0 Å². The Balaban J connectivity index is 1.74. The summed E-state index contributed by atoms with van der Waals surface area (Å²) in [6.07, 6.45) is 1.25. The summed E-state index contributed by atoms with van der Waals surface area (Å²) in [6.45, 7) is 6.20. The van der Waals surface area contributed by atoms with E-state index in [9.17, 15) is 9.90 Å². The van der Waals surface area contributed by atoms with Crippen LogP contribution in [0.25, 0.3) is 0 Å². The Morgan fingerprint density at radius 2 is 1.96 bits per heavy atom. The van der Waals surface area contributed by atoms with Crippen molar-refractivity contribution in [3.8, 4) is 5.75 Å². The van der Waals surface area contributed by atoms with Gasteiger partial charge in [-0.3, -0.25) is 4.79 Å². The molecule has 1 aliphatic heterocycles. The number of nitrogens with zero attached hydrogens (tertiary/aromatic N) is 1. The molecule has 1 aromatic carbocycles. The third kappa shape index (κ3) is 2.54. The Bertz CT molecular complexity index is 862. The molecule has 4 rings (SSSR count). The highest BCUT2D eigenvalue weighted by Gasteiger charge is 2.41. The van der Waals surface area contributed by atoms with Gasteiger partial charge in [0.05, 0.1) is 5.69 Å². The van der Waals surface area contributed by atoms with Gasteiger partial charge in [-0.25, -0.2) is 0 Å². The highest BCUT2D eigenvalue weighted by atomic mass is 16.5. The SMILES string of the molecule is Cc1noc2c1[C@H](C(C)C)C1=C(C[C@H](c3ccc(O)cc3)CC1=O)N2. The summed E-state index contributed by atoms with van der Waals surface area (Å²) in [4.78, 5) is 13.0. The molecule has 2 heterocycles. The van der Waals surface area contributed by atoms with Crippen molar-refractivity contribution in [1.29, 1.82) is 0 Å². The van der Waals surface area contributed by atoms with E-state index in [1.807, 2.05) is 19.1 Å². The summed E-state index contributed by atoms with van der Waals surface area (Å²) in [7, 11) is 0. The average Bonchev–Trinajstić information content (AvgIpc) is 2.94. The third-order valence-electron chi connectivity index (χ3n) is 5.33. The predicted molar refractivity (Wildman–Crippen MR) is 94.6 cm³/mol. The van der Waals surface area contributed by atoms with Gasteiger partial charge in [-0.2, -0.15) is 0 Å². The molecule has 0 unspecified atom stereocenters. The highest BCUT2D eigenvalue weighted by molar-refractivity contribution is 6.00. The Hall–Kier alpha value is -2.56. The van der Waals surface area contributed by atoms with Crippen molar-refractivity contribution in [2.24, 2.45) is 5.92 Å². The molecule has 0 saturated heterocycles. The lowest BCUT2D eigenvalue weighted by Crippen LogP contribution is -2.31. The Morgan fingerprint density at radius 1 is 1.24 bits per heavy atom. The van der Waals surface area contributed by atoms with Gasteiger partial charge in [0.2, 0.25) is 5.88 Å². The zero-order valence-electron chi connectivity index (χ0n) is 14.7. The van der Waals surface area contributed by atoms with Crippen LogP contribution in [0.15, 0.2) is 40.1 Å². The van der Waals surface area contributed by atoms with Crippen LogP contribution in [-0.4, -0.2) is 16.0 Å². The van der Waals surface area contributed by atoms with Crippen LogP contribution in [0.5, 0.6) is 5.75 Å². The number of allylic oxidation sites excluding steroid dienone is 2. The van der Waals surface area contributed by atoms with Gasteiger partial charge in [0.1, 0.15) is 5.75 Å². The lowest BCUT2D eigenvalue weighted by atomic mass is 9.71. The topological polar surface area (TPSA) is 75.4 Å². The number of carbonyl (C=O) groups excluding carboxylic acids is 1. The van der Waals surface area contributed by atoms with E-state index in [1.165, 1.54) is 0 Å². The molecule has 130 valence electrons. The van der Waals surface area contributed by atoms with E-state index in [0.717, 1.165) is 34.5 Å². The summed E-state index contributed by atoms with van der Waals surface area (Å²) in [5.74, 6) is 1.54. The lowest BCUT2D eigenvalue weighted by Gasteiger charge is -2.35. The van der Waals surface area contributed by atoms with Gasteiger partial charge in [0, 0.05) is 29.2 Å². The fourth-order valence-corrected chi connectivity index (χ4v) is 4.17. The third-order valence-corrected chi connectivity index (χ3v) is 5.33. The first-order chi connectivity index (χ1) is 12.0. The van der Waals surface area contributed by atoms with E-state index < -0.39 is 0 Å². The van der Waals surface area contributed by atoms with Crippen LogP contribution < -0.4 is 5.32 Å². The maximum absolute atomic E-state index is 13.0. The number of aryl methyl sites for hydroxylation is 1. The second kappa shape index (κ2) is 5.76. The first-order valence-electron chi connectivity index (χ1n) is 8.74. The number of phenolic OH excluding ortho intramolecular Hbond substituents is 1.